The number of benzene rings is 2. The van der Waals surface area contributed by atoms with Gasteiger partial charge in [-0.3, -0.25) is 15.6 Å². The zero-order chi connectivity index (χ0) is 17.9. The molecule has 9 heteroatoms. The molecular formula is C16H15N3O4S2. The molecule has 2 N–H and O–H groups in total. The molecule has 0 aliphatic carbocycles. The van der Waals surface area contributed by atoms with Crippen LogP contribution in [0.1, 0.15) is 0 Å². The molecule has 1 aromatic heterocycles. The summed E-state index contributed by atoms with van der Waals surface area (Å²) in [5, 5.41) is 0.453. The van der Waals surface area contributed by atoms with E-state index in [1.54, 1.807) is 37.4 Å². The number of ether oxygens (including phenoxy) is 1. The van der Waals surface area contributed by atoms with Gasteiger partial charge < -0.3 is 4.74 Å². The molecule has 0 aliphatic heterocycles. The Kier molecular flexibility index (Phi) is 4.86. The van der Waals surface area contributed by atoms with Crippen molar-refractivity contribution in [1.82, 2.24) is 10.4 Å². The van der Waals surface area contributed by atoms with Gasteiger partial charge in [-0.15, -0.1) is 0 Å². The van der Waals surface area contributed by atoms with E-state index in [9.17, 15) is 13.2 Å². The first-order chi connectivity index (χ1) is 12.0. The van der Waals surface area contributed by atoms with Crippen molar-refractivity contribution in [2.75, 3.05) is 18.3 Å². The normalized spacial score (nSPS) is 11.2. The van der Waals surface area contributed by atoms with Crippen molar-refractivity contribution in [3.8, 4) is 5.75 Å². The van der Waals surface area contributed by atoms with Crippen LogP contribution in [0.15, 0.2) is 53.4 Å². The predicted octanol–water partition coefficient (Wildman–Crippen LogP) is 2.22. The van der Waals surface area contributed by atoms with Gasteiger partial charge in [0.15, 0.2) is 9.84 Å². The number of aromatic nitrogens is 1. The van der Waals surface area contributed by atoms with Gasteiger partial charge in [0.25, 0.3) is 5.91 Å². The standard InChI is InChI=1S/C16H15N3O4S2/c1-23-11-7-8-13-14(9-11)24-16(17-13)19-18-15(20)10-25(21,22)12-5-3-2-4-6-12/h2-9H,10H2,1H3,(H,17,19)(H,18,20). The van der Waals surface area contributed by atoms with E-state index in [1.165, 1.54) is 23.5 Å². The highest BCUT2D eigenvalue weighted by atomic mass is 32.2. The monoisotopic (exact) mass is 377 g/mol. The molecule has 2 aromatic carbocycles. The second-order valence-corrected chi connectivity index (χ2v) is 8.12. The fourth-order valence-electron chi connectivity index (χ4n) is 2.13. The SMILES string of the molecule is COc1ccc2nc(NNC(=O)CS(=O)(=O)c3ccccc3)sc2c1. The van der Waals surface area contributed by atoms with Crippen LogP contribution < -0.4 is 15.6 Å². The maximum atomic E-state index is 12.1. The summed E-state index contributed by atoms with van der Waals surface area (Å²) in [6.07, 6.45) is 0. The third kappa shape index (κ3) is 4.06. The van der Waals surface area contributed by atoms with Crippen LogP contribution in [0.5, 0.6) is 5.75 Å². The Labute approximate surface area is 148 Å². The molecule has 0 atom stereocenters. The van der Waals surface area contributed by atoms with Crippen LogP contribution in [-0.2, 0) is 14.6 Å². The van der Waals surface area contributed by atoms with Gasteiger partial charge in [0.2, 0.25) is 5.13 Å². The molecule has 0 fully saturated rings. The van der Waals surface area contributed by atoms with E-state index in [0.29, 0.717) is 10.9 Å². The molecule has 0 bridgehead atoms. The zero-order valence-electron chi connectivity index (χ0n) is 13.2. The van der Waals surface area contributed by atoms with Crippen molar-refractivity contribution < 1.29 is 17.9 Å². The first kappa shape index (κ1) is 17.2. The molecule has 0 saturated carbocycles. The smallest absolute Gasteiger partial charge is 0.253 e. The van der Waals surface area contributed by atoms with Crippen LogP contribution in [-0.4, -0.2) is 32.2 Å². The van der Waals surface area contributed by atoms with Crippen LogP contribution in [0.2, 0.25) is 0 Å². The molecule has 7 nitrogen and oxygen atoms in total. The quantitative estimate of drug-likeness (QED) is 0.639. The fourth-order valence-corrected chi connectivity index (χ4v) is 4.13. The minimum Gasteiger partial charge on any atom is -0.497 e. The van der Waals surface area contributed by atoms with Crippen LogP contribution >= 0.6 is 11.3 Å². The summed E-state index contributed by atoms with van der Waals surface area (Å²) in [5.74, 6) is -0.607. The third-order valence-electron chi connectivity index (χ3n) is 3.33. The number of hydrazine groups is 1. The maximum Gasteiger partial charge on any atom is 0.253 e. The molecule has 1 amide bonds. The van der Waals surface area contributed by atoms with Gasteiger partial charge in [0.05, 0.1) is 22.2 Å². The minimum atomic E-state index is -3.68. The molecule has 0 saturated heterocycles. The number of sulfone groups is 1. The lowest BCUT2D eigenvalue weighted by atomic mass is 10.3. The summed E-state index contributed by atoms with van der Waals surface area (Å²) in [6, 6.07) is 13.3. The molecule has 25 heavy (non-hydrogen) atoms. The van der Waals surface area contributed by atoms with Gasteiger partial charge in [-0.1, -0.05) is 29.5 Å². The summed E-state index contributed by atoms with van der Waals surface area (Å²) in [6.45, 7) is 0. The van der Waals surface area contributed by atoms with Crippen molar-refractivity contribution in [3.63, 3.8) is 0 Å². The van der Waals surface area contributed by atoms with Gasteiger partial charge in [-0.2, -0.15) is 0 Å². The number of anilines is 1. The van der Waals surface area contributed by atoms with Crippen molar-refractivity contribution in [1.29, 1.82) is 0 Å². The number of hydrogen-bond donors (Lipinski definition) is 2. The number of methoxy groups -OCH3 is 1. The molecular weight excluding hydrogens is 362 g/mol. The van der Waals surface area contributed by atoms with Gasteiger partial charge in [-0.05, 0) is 30.3 Å². The molecule has 0 radical (unpaired) electrons. The number of thiazole rings is 1. The summed E-state index contributed by atoms with van der Waals surface area (Å²) >= 11 is 1.32. The average molecular weight is 377 g/mol. The second-order valence-electron chi connectivity index (χ2n) is 5.10. The average Bonchev–Trinajstić information content (AvgIpc) is 3.02. The van der Waals surface area contributed by atoms with E-state index in [0.717, 1.165) is 10.2 Å². The predicted molar refractivity (Wildman–Crippen MR) is 96.4 cm³/mol. The molecule has 0 unspecified atom stereocenters. The second kappa shape index (κ2) is 7.08. The Bertz CT molecular complexity index is 1000. The van der Waals surface area contributed by atoms with E-state index >= 15 is 0 Å². The molecule has 0 aliphatic rings. The van der Waals surface area contributed by atoms with Crippen molar-refractivity contribution in [2.45, 2.75) is 4.90 Å². The summed E-state index contributed by atoms with van der Waals surface area (Å²) in [5.41, 5.74) is 5.76. The highest BCUT2D eigenvalue weighted by molar-refractivity contribution is 7.92. The Morgan fingerprint density at radius 3 is 2.68 bits per heavy atom. The Morgan fingerprint density at radius 2 is 1.96 bits per heavy atom. The molecule has 0 spiro atoms. The van der Waals surface area contributed by atoms with Gasteiger partial charge in [0.1, 0.15) is 11.5 Å². The number of hydrogen-bond acceptors (Lipinski definition) is 7. The summed E-state index contributed by atoms with van der Waals surface area (Å²) in [4.78, 5) is 16.3. The third-order valence-corrected chi connectivity index (χ3v) is 5.89. The topological polar surface area (TPSA) is 97.4 Å². The van der Waals surface area contributed by atoms with Crippen molar-refractivity contribution >= 4 is 42.4 Å². The largest absolute Gasteiger partial charge is 0.497 e. The van der Waals surface area contributed by atoms with Crippen LogP contribution in [0.4, 0.5) is 5.13 Å². The first-order valence-corrected chi connectivity index (χ1v) is 9.72. The Balaban J connectivity index is 1.64. The number of amides is 1. The number of carbonyl (C=O) groups excluding carboxylic acids is 1. The van der Waals surface area contributed by atoms with Gasteiger partial charge >= 0.3 is 0 Å². The molecule has 3 rings (SSSR count). The van der Waals surface area contributed by atoms with Crippen molar-refractivity contribution in [3.05, 3.63) is 48.5 Å². The van der Waals surface area contributed by atoms with Crippen LogP contribution in [0, 0.1) is 0 Å². The van der Waals surface area contributed by atoms with Crippen LogP contribution in [0.3, 0.4) is 0 Å². The maximum absolute atomic E-state index is 12.1. The van der Waals surface area contributed by atoms with E-state index < -0.39 is 21.5 Å². The fraction of sp³-hybridized carbons (Fsp3) is 0.125. The van der Waals surface area contributed by atoms with E-state index in [1.807, 2.05) is 6.07 Å². The molecule has 130 valence electrons. The lowest BCUT2D eigenvalue weighted by Crippen LogP contribution is -2.34. The van der Waals surface area contributed by atoms with E-state index in [-0.39, 0.29) is 4.90 Å². The number of carbonyl (C=O) groups is 1. The number of fused-ring (bicyclic) bond motifs is 1. The number of nitrogens with zero attached hydrogens (tertiary/aromatic N) is 1. The van der Waals surface area contributed by atoms with Gasteiger partial charge in [0, 0.05) is 0 Å². The summed E-state index contributed by atoms with van der Waals surface area (Å²) in [7, 11) is -2.10. The highest BCUT2D eigenvalue weighted by Crippen LogP contribution is 2.28. The van der Waals surface area contributed by atoms with E-state index in [4.69, 9.17) is 4.74 Å². The molecule has 1 heterocycles. The highest BCUT2D eigenvalue weighted by Gasteiger charge is 2.19. The van der Waals surface area contributed by atoms with E-state index in [2.05, 4.69) is 15.8 Å². The summed E-state index contributed by atoms with van der Waals surface area (Å²) < 4.78 is 30.3. The number of nitrogens with one attached hydrogen (secondary N) is 2. The number of rotatable bonds is 6. The Hall–Kier alpha value is -2.65. The Morgan fingerprint density at radius 1 is 1.20 bits per heavy atom. The van der Waals surface area contributed by atoms with Crippen molar-refractivity contribution in [2.24, 2.45) is 0 Å². The van der Waals surface area contributed by atoms with Gasteiger partial charge in [-0.25, -0.2) is 13.4 Å². The first-order valence-electron chi connectivity index (χ1n) is 7.25. The van der Waals surface area contributed by atoms with Crippen LogP contribution in [0.25, 0.3) is 10.2 Å². The lowest BCUT2D eigenvalue weighted by molar-refractivity contribution is -0.118. The molecule has 3 aromatic rings. The lowest BCUT2D eigenvalue weighted by Gasteiger charge is -2.06. The minimum absolute atomic E-state index is 0.109. The zero-order valence-corrected chi connectivity index (χ0v) is 14.9.